The van der Waals surface area contributed by atoms with Crippen LogP contribution in [0.2, 0.25) is 0 Å². The molecule has 1 aliphatic rings. The van der Waals surface area contributed by atoms with Crippen molar-refractivity contribution in [2.24, 2.45) is 11.8 Å². The van der Waals surface area contributed by atoms with Crippen molar-refractivity contribution in [1.82, 2.24) is 10.6 Å². The van der Waals surface area contributed by atoms with Gasteiger partial charge >= 0.3 is 0 Å². The van der Waals surface area contributed by atoms with Gasteiger partial charge in [-0.1, -0.05) is 20.3 Å². The zero-order valence-corrected chi connectivity index (χ0v) is 12.0. The second-order valence-electron chi connectivity index (χ2n) is 5.75. The number of aliphatic hydroxyl groups is 1. The van der Waals surface area contributed by atoms with E-state index in [0.717, 1.165) is 31.6 Å². The highest BCUT2D eigenvalue weighted by Crippen LogP contribution is 2.33. The first-order valence-electron chi connectivity index (χ1n) is 7.15. The molecule has 4 heteroatoms. The van der Waals surface area contributed by atoms with Crippen LogP contribution in [0, 0.1) is 11.8 Å². The molecule has 0 spiro atoms. The summed E-state index contributed by atoms with van der Waals surface area (Å²) in [6.07, 6.45) is 4.98. The average Bonchev–Trinajstić information content (AvgIpc) is 2.37. The Morgan fingerprint density at radius 2 is 2.06 bits per heavy atom. The number of hydrogen-bond acceptors (Lipinski definition) is 3. The lowest BCUT2D eigenvalue weighted by Gasteiger charge is -2.36. The second kappa shape index (κ2) is 7.10. The van der Waals surface area contributed by atoms with Gasteiger partial charge in [0.25, 0.3) is 0 Å². The molecule has 18 heavy (non-hydrogen) atoms. The maximum atomic E-state index is 11.8. The smallest absolute Gasteiger partial charge is 0.224 e. The third-order valence-corrected chi connectivity index (χ3v) is 4.16. The highest BCUT2D eigenvalue weighted by Gasteiger charge is 2.33. The summed E-state index contributed by atoms with van der Waals surface area (Å²) >= 11 is 0. The van der Waals surface area contributed by atoms with Gasteiger partial charge in [-0.15, -0.1) is 0 Å². The Balaban J connectivity index is 2.32. The van der Waals surface area contributed by atoms with E-state index in [9.17, 15) is 9.90 Å². The van der Waals surface area contributed by atoms with Crippen molar-refractivity contribution in [1.29, 1.82) is 0 Å². The molecule has 0 aromatic rings. The van der Waals surface area contributed by atoms with Crippen LogP contribution in [0.1, 0.15) is 46.0 Å². The molecule has 0 aromatic heterocycles. The van der Waals surface area contributed by atoms with Gasteiger partial charge in [-0.2, -0.15) is 0 Å². The molecule has 0 aliphatic heterocycles. The van der Waals surface area contributed by atoms with Gasteiger partial charge in [0.05, 0.1) is 5.60 Å². The van der Waals surface area contributed by atoms with Gasteiger partial charge < -0.3 is 15.7 Å². The average molecular weight is 256 g/mol. The van der Waals surface area contributed by atoms with Gasteiger partial charge in [0.1, 0.15) is 0 Å². The second-order valence-corrected chi connectivity index (χ2v) is 5.75. The van der Waals surface area contributed by atoms with E-state index in [2.05, 4.69) is 17.6 Å². The summed E-state index contributed by atoms with van der Waals surface area (Å²) in [7, 11) is 1.84. The molecule has 106 valence electrons. The molecule has 0 bridgehead atoms. The topological polar surface area (TPSA) is 61.4 Å². The Morgan fingerprint density at radius 3 is 2.56 bits per heavy atom. The summed E-state index contributed by atoms with van der Waals surface area (Å²) in [6.45, 7) is 5.17. The highest BCUT2D eigenvalue weighted by molar-refractivity contribution is 5.78. The first-order chi connectivity index (χ1) is 8.50. The third kappa shape index (κ3) is 4.58. The molecule has 0 saturated heterocycles. The van der Waals surface area contributed by atoms with Gasteiger partial charge in [0, 0.05) is 19.0 Å². The molecule has 3 N–H and O–H groups in total. The normalized spacial score (nSPS) is 29.9. The quantitative estimate of drug-likeness (QED) is 0.671. The number of amides is 1. The molecule has 0 heterocycles. The van der Waals surface area contributed by atoms with E-state index in [1.165, 1.54) is 6.42 Å². The van der Waals surface area contributed by atoms with E-state index >= 15 is 0 Å². The summed E-state index contributed by atoms with van der Waals surface area (Å²) in [6, 6.07) is 0. The van der Waals surface area contributed by atoms with Gasteiger partial charge in [-0.3, -0.25) is 4.79 Å². The third-order valence-electron chi connectivity index (χ3n) is 4.16. The number of carbonyl (C=O) groups is 1. The van der Waals surface area contributed by atoms with Crippen LogP contribution in [-0.2, 0) is 4.79 Å². The standard InChI is InChI=1S/C14H28N2O2/c1-4-12-5-7-14(18,8-6-12)10-16-13(17)11(2)9-15-3/h11-12,15,18H,4-10H2,1-3H3,(H,16,17). The van der Waals surface area contributed by atoms with Gasteiger partial charge in [-0.05, 0) is 38.6 Å². The monoisotopic (exact) mass is 256 g/mol. The van der Waals surface area contributed by atoms with Crippen molar-refractivity contribution in [3.05, 3.63) is 0 Å². The van der Waals surface area contributed by atoms with Gasteiger partial charge in [-0.25, -0.2) is 0 Å². The van der Waals surface area contributed by atoms with Crippen LogP contribution < -0.4 is 10.6 Å². The Morgan fingerprint density at radius 1 is 1.44 bits per heavy atom. The molecule has 1 unspecified atom stereocenters. The van der Waals surface area contributed by atoms with Crippen LogP contribution in [-0.4, -0.2) is 36.8 Å². The minimum absolute atomic E-state index is 0.0235. The Bertz CT molecular complexity index is 261. The lowest BCUT2D eigenvalue weighted by molar-refractivity contribution is -0.126. The number of nitrogens with one attached hydrogen (secondary N) is 2. The molecule has 1 amide bonds. The minimum atomic E-state index is -0.680. The van der Waals surface area contributed by atoms with Crippen molar-refractivity contribution in [2.75, 3.05) is 20.1 Å². The lowest BCUT2D eigenvalue weighted by Crippen LogP contribution is -2.47. The fourth-order valence-electron chi connectivity index (χ4n) is 2.62. The minimum Gasteiger partial charge on any atom is -0.388 e. The van der Waals surface area contributed by atoms with E-state index in [1.54, 1.807) is 0 Å². The zero-order chi connectivity index (χ0) is 13.6. The lowest BCUT2D eigenvalue weighted by atomic mass is 9.78. The van der Waals surface area contributed by atoms with Crippen LogP contribution in [0.3, 0.4) is 0 Å². The van der Waals surface area contributed by atoms with Crippen LogP contribution in [0.25, 0.3) is 0 Å². The molecule has 4 nitrogen and oxygen atoms in total. The predicted molar refractivity (Wildman–Crippen MR) is 73.3 cm³/mol. The van der Waals surface area contributed by atoms with Crippen molar-refractivity contribution >= 4 is 5.91 Å². The van der Waals surface area contributed by atoms with Crippen LogP contribution in [0.15, 0.2) is 0 Å². The summed E-state index contributed by atoms with van der Waals surface area (Å²) < 4.78 is 0. The van der Waals surface area contributed by atoms with Crippen molar-refractivity contribution in [3.8, 4) is 0 Å². The van der Waals surface area contributed by atoms with Crippen molar-refractivity contribution in [3.63, 3.8) is 0 Å². The molecular weight excluding hydrogens is 228 g/mol. The van der Waals surface area contributed by atoms with E-state index in [4.69, 9.17) is 0 Å². The van der Waals surface area contributed by atoms with Crippen LogP contribution >= 0.6 is 0 Å². The van der Waals surface area contributed by atoms with E-state index in [0.29, 0.717) is 13.1 Å². The molecule has 1 aliphatic carbocycles. The Kier molecular flexibility index (Phi) is 6.09. The van der Waals surface area contributed by atoms with E-state index < -0.39 is 5.60 Å². The van der Waals surface area contributed by atoms with Crippen molar-refractivity contribution in [2.45, 2.75) is 51.6 Å². The molecule has 0 aromatic carbocycles. The Labute approximate surface area is 111 Å². The summed E-state index contributed by atoms with van der Waals surface area (Å²) in [5.41, 5.74) is -0.680. The molecule has 1 rings (SSSR count). The van der Waals surface area contributed by atoms with E-state index in [1.807, 2.05) is 14.0 Å². The highest BCUT2D eigenvalue weighted by atomic mass is 16.3. The maximum absolute atomic E-state index is 11.8. The fraction of sp³-hybridized carbons (Fsp3) is 0.929. The molecule has 0 radical (unpaired) electrons. The number of rotatable bonds is 6. The molecule has 1 saturated carbocycles. The summed E-state index contributed by atoms with van der Waals surface area (Å²) in [5, 5.41) is 16.3. The van der Waals surface area contributed by atoms with Crippen LogP contribution in [0.5, 0.6) is 0 Å². The predicted octanol–water partition coefficient (Wildman–Crippen LogP) is 1.29. The Hall–Kier alpha value is -0.610. The molecule has 1 fully saturated rings. The summed E-state index contributed by atoms with van der Waals surface area (Å²) in [5.74, 6) is 0.727. The zero-order valence-electron chi connectivity index (χ0n) is 12.0. The SMILES string of the molecule is CCC1CCC(O)(CNC(=O)C(C)CNC)CC1. The summed E-state index contributed by atoms with van der Waals surface area (Å²) in [4.78, 5) is 11.8. The van der Waals surface area contributed by atoms with Gasteiger partial charge in [0.15, 0.2) is 0 Å². The van der Waals surface area contributed by atoms with Crippen molar-refractivity contribution < 1.29 is 9.90 Å². The number of carbonyl (C=O) groups excluding carboxylic acids is 1. The fourth-order valence-corrected chi connectivity index (χ4v) is 2.62. The first-order valence-corrected chi connectivity index (χ1v) is 7.15. The number of hydrogen-bond donors (Lipinski definition) is 3. The van der Waals surface area contributed by atoms with Gasteiger partial charge in [0.2, 0.25) is 5.91 Å². The molecular formula is C14H28N2O2. The van der Waals surface area contributed by atoms with E-state index in [-0.39, 0.29) is 11.8 Å². The van der Waals surface area contributed by atoms with Crippen LogP contribution in [0.4, 0.5) is 0 Å². The first kappa shape index (κ1) is 15.4. The largest absolute Gasteiger partial charge is 0.388 e. The molecule has 1 atom stereocenters. The maximum Gasteiger partial charge on any atom is 0.224 e.